The Kier molecular flexibility index (Phi) is 5.29. The molecular weight excluding hydrogens is 345 g/mol. The smallest absolute Gasteiger partial charge is 0.229 e. The molecule has 1 saturated heterocycles. The molecule has 3 rings (SSSR count). The Hall–Kier alpha value is -1.96. The number of nitrogens with zero attached hydrogens (tertiary/aromatic N) is 3. The molecule has 7 heteroatoms. The van der Waals surface area contributed by atoms with Gasteiger partial charge in [-0.2, -0.15) is 5.06 Å². The van der Waals surface area contributed by atoms with Gasteiger partial charge in [-0.3, -0.25) is 15.4 Å². The summed E-state index contributed by atoms with van der Waals surface area (Å²) in [5.74, 6) is -0.322. The van der Waals surface area contributed by atoms with Crippen LogP contribution in [0, 0.1) is 0 Å². The average molecular weight is 375 g/mol. The van der Waals surface area contributed by atoms with Crippen LogP contribution in [0.3, 0.4) is 0 Å². The van der Waals surface area contributed by atoms with E-state index in [-0.39, 0.29) is 23.1 Å². The molecular formula is C20H30FN5O. The van der Waals surface area contributed by atoms with Gasteiger partial charge >= 0.3 is 0 Å². The van der Waals surface area contributed by atoms with Gasteiger partial charge in [-0.1, -0.05) is 18.2 Å². The van der Waals surface area contributed by atoms with Crippen LogP contribution in [-0.2, 0) is 0 Å². The van der Waals surface area contributed by atoms with Crippen LogP contribution in [0.2, 0.25) is 0 Å². The molecule has 1 fully saturated rings. The van der Waals surface area contributed by atoms with Crippen molar-refractivity contribution in [1.82, 2.24) is 15.3 Å². The van der Waals surface area contributed by atoms with Crippen molar-refractivity contribution in [2.24, 2.45) is 4.99 Å². The first-order valence-corrected chi connectivity index (χ1v) is 9.34. The molecule has 6 nitrogen and oxygen atoms in total. The lowest BCUT2D eigenvalue weighted by molar-refractivity contribution is -0.0772. The largest absolute Gasteiger partial charge is 0.324 e. The van der Waals surface area contributed by atoms with Crippen molar-refractivity contribution in [3.63, 3.8) is 0 Å². The lowest BCUT2D eigenvalue weighted by atomic mass is 9.77. The molecule has 2 aliphatic heterocycles. The second kappa shape index (κ2) is 7.22. The summed E-state index contributed by atoms with van der Waals surface area (Å²) in [5.41, 5.74) is 0.702. The van der Waals surface area contributed by atoms with Gasteiger partial charge in [0.15, 0.2) is 12.0 Å². The molecule has 1 aromatic rings. The lowest BCUT2D eigenvalue weighted by Crippen LogP contribution is -2.64. The molecule has 148 valence electrons. The SMILES string of the molecule is CN1C(C)(C)CC(NC2C(F)=CN=C(Nc3ccccc3)N2O)CC1(C)C. The van der Waals surface area contributed by atoms with Crippen molar-refractivity contribution in [2.45, 2.75) is 63.8 Å². The third-order valence-corrected chi connectivity index (χ3v) is 5.76. The second-order valence-corrected chi connectivity index (χ2v) is 8.66. The summed E-state index contributed by atoms with van der Waals surface area (Å²) >= 11 is 0. The fourth-order valence-electron chi connectivity index (χ4n) is 4.09. The second-order valence-electron chi connectivity index (χ2n) is 8.66. The molecule has 0 saturated carbocycles. The predicted molar refractivity (Wildman–Crippen MR) is 106 cm³/mol. The van der Waals surface area contributed by atoms with Crippen LogP contribution in [0.5, 0.6) is 0 Å². The Labute approximate surface area is 160 Å². The first-order valence-electron chi connectivity index (χ1n) is 9.34. The number of benzene rings is 1. The van der Waals surface area contributed by atoms with Gasteiger partial charge in [0.2, 0.25) is 5.96 Å². The minimum atomic E-state index is -0.964. The molecule has 1 atom stereocenters. The molecule has 1 aromatic carbocycles. The number of hydrogen-bond acceptors (Lipinski definition) is 6. The van der Waals surface area contributed by atoms with Crippen molar-refractivity contribution < 1.29 is 9.60 Å². The van der Waals surface area contributed by atoms with Crippen LogP contribution in [0.1, 0.15) is 40.5 Å². The van der Waals surface area contributed by atoms with E-state index in [4.69, 9.17) is 0 Å². The van der Waals surface area contributed by atoms with Crippen molar-refractivity contribution in [3.05, 3.63) is 42.4 Å². The summed E-state index contributed by atoms with van der Waals surface area (Å²) < 4.78 is 14.5. The molecule has 0 aliphatic carbocycles. The van der Waals surface area contributed by atoms with E-state index in [0.29, 0.717) is 0 Å². The van der Waals surface area contributed by atoms with E-state index in [0.717, 1.165) is 29.8 Å². The molecule has 0 amide bonds. The van der Waals surface area contributed by atoms with E-state index in [1.165, 1.54) is 0 Å². The van der Waals surface area contributed by atoms with Gasteiger partial charge in [0.25, 0.3) is 0 Å². The number of rotatable bonds is 3. The third-order valence-electron chi connectivity index (χ3n) is 5.76. The molecule has 27 heavy (non-hydrogen) atoms. The third kappa shape index (κ3) is 4.15. The molecule has 0 aromatic heterocycles. The zero-order valence-corrected chi connectivity index (χ0v) is 16.7. The number of piperidine rings is 1. The van der Waals surface area contributed by atoms with Gasteiger partial charge in [0, 0.05) is 22.8 Å². The Bertz CT molecular complexity index is 713. The van der Waals surface area contributed by atoms with E-state index < -0.39 is 12.0 Å². The number of likely N-dealkylation sites (tertiary alicyclic amines) is 1. The Morgan fingerprint density at radius 2 is 1.70 bits per heavy atom. The van der Waals surface area contributed by atoms with Gasteiger partial charge < -0.3 is 5.32 Å². The normalized spacial score (nSPS) is 25.7. The maximum absolute atomic E-state index is 14.5. The predicted octanol–water partition coefficient (Wildman–Crippen LogP) is 3.54. The standard InChI is InChI=1S/C20H30FN5O/c1-19(2)11-15(12-20(3,4)25(19)5)23-17-16(21)13-22-18(26(17)27)24-14-9-7-6-8-10-14/h6-10,13,15,17,23,27H,11-12H2,1-5H3,(H,22,24). The van der Waals surface area contributed by atoms with Crippen LogP contribution in [0.25, 0.3) is 0 Å². The van der Waals surface area contributed by atoms with Crippen molar-refractivity contribution >= 4 is 11.6 Å². The average Bonchev–Trinajstić information content (AvgIpc) is 2.59. The highest BCUT2D eigenvalue weighted by atomic mass is 19.1. The number of hydroxylamine groups is 2. The fraction of sp³-hybridized carbons (Fsp3) is 0.550. The monoisotopic (exact) mass is 375 g/mol. The summed E-state index contributed by atoms with van der Waals surface area (Å²) in [6.45, 7) is 8.76. The van der Waals surface area contributed by atoms with Crippen LogP contribution in [-0.4, -0.2) is 51.5 Å². The molecule has 2 aliphatic rings. The zero-order valence-electron chi connectivity index (χ0n) is 16.7. The first kappa shape index (κ1) is 19.8. The molecule has 3 N–H and O–H groups in total. The van der Waals surface area contributed by atoms with Gasteiger partial charge in [-0.05, 0) is 59.7 Å². The van der Waals surface area contributed by atoms with Gasteiger partial charge in [0.1, 0.15) is 0 Å². The van der Waals surface area contributed by atoms with Crippen molar-refractivity contribution in [2.75, 3.05) is 12.4 Å². The van der Waals surface area contributed by atoms with Gasteiger partial charge in [0.05, 0.1) is 6.20 Å². The minimum Gasteiger partial charge on any atom is -0.324 e. The minimum absolute atomic E-state index is 0.0340. The first-order chi connectivity index (χ1) is 12.6. The summed E-state index contributed by atoms with van der Waals surface area (Å²) in [6.07, 6.45) is 1.89. The number of halogens is 1. The van der Waals surface area contributed by atoms with Gasteiger partial charge in [-0.15, -0.1) is 0 Å². The molecule has 1 unspecified atom stereocenters. The van der Waals surface area contributed by atoms with Crippen LogP contribution < -0.4 is 10.6 Å². The topological polar surface area (TPSA) is 63.1 Å². The molecule has 0 spiro atoms. The highest BCUT2D eigenvalue weighted by Crippen LogP contribution is 2.37. The lowest BCUT2D eigenvalue weighted by Gasteiger charge is -2.54. The van der Waals surface area contributed by atoms with E-state index in [2.05, 4.69) is 55.3 Å². The summed E-state index contributed by atoms with van der Waals surface area (Å²) in [7, 11) is 2.13. The number of anilines is 1. The summed E-state index contributed by atoms with van der Waals surface area (Å²) in [6, 6.07) is 9.43. The number of hydrogen-bond donors (Lipinski definition) is 3. The molecule has 0 bridgehead atoms. The Morgan fingerprint density at radius 3 is 2.30 bits per heavy atom. The number of nitrogens with one attached hydrogen (secondary N) is 2. The molecule has 2 heterocycles. The van der Waals surface area contributed by atoms with Gasteiger partial charge in [-0.25, -0.2) is 9.38 Å². The fourth-order valence-corrected chi connectivity index (χ4v) is 4.09. The number of guanidine groups is 1. The van der Waals surface area contributed by atoms with E-state index in [9.17, 15) is 9.60 Å². The zero-order chi connectivity index (χ0) is 19.8. The summed E-state index contributed by atoms with van der Waals surface area (Å²) in [4.78, 5) is 6.36. The quantitative estimate of drug-likeness (QED) is 0.754. The Morgan fingerprint density at radius 1 is 1.11 bits per heavy atom. The highest BCUT2D eigenvalue weighted by molar-refractivity contribution is 5.94. The van der Waals surface area contributed by atoms with Crippen LogP contribution >= 0.6 is 0 Å². The van der Waals surface area contributed by atoms with E-state index >= 15 is 0 Å². The maximum Gasteiger partial charge on any atom is 0.229 e. The summed E-state index contributed by atoms with van der Waals surface area (Å²) in [5, 5.41) is 17.7. The Balaban J connectivity index is 1.73. The van der Waals surface area contributed by atoms with Crippen LogP contribution in [0.15, 0.2) is 47.4 Å². The van der Waals surface area contributed by atoms with E-state index in [1.54, 1.807) is 0 Å². The van der Waals surface area contributed by atoms with Crippen molar-refractivity contribution in [3.8, 4) is 0 Å². The highest BCUT2D eigenvalue weighted by Gasteiger charge is 2.44. The number of aliphatic imine (C=N–C) groups is 1. The van der Waals surface area contributed by atoms with Crippen molar-refractivity contribution in [1.29, 1.82) is 0 Å². The maximum atomic E-state index is 14.5. The number of para-hydroxylation sites is 1. The van der Waals surface area contributed by atoms with E-state index in [1.807, 2.05) is 30.3 Å². The molecule has 0 radical (unpaired) electrons. The van der Waals surface area contributed by atoms with Crippen LogP contribution in [0.4, 0.5) is 10.1 Å².